The largest absolute Gasteiger partial charge is 0.391 e. The Morgan fingerprint density at radius 3 is 2.85 bits per heavy atom. The van der Waals surface area contributed by atoms with Crippen LogP contribution in [0.2, 0.25) is 0 Å². The molecule has 76 valence electrons. The van der Waals surface area contributed by atoms with Gasteiger partial charge in [0.1, 0.15) is 0 Å². The van der Waals surface area contributed by atoms with Gasteiger partial charge < -0.3 is 10.4 Å². The Kier molecular flexibility index (Phi) is 2.89. The van der Waals surface area contributed by atoms with Crippen molar-refractivity contribution in [3.8, 4) is 0 Å². The molecule has 2 nitrogen and oxygen atoms in total. The van der Waals surface area contributed by atoms with E-state index >= 15 is 0 Å². The summed E-state index contributed by atoms with van der Waals surface area (Å²) < 4.78 is 0. The van der Waals surface area contributed by atoms with Crippen molar-refractivity contribution in [3.63, 3.8) is 0 Å². The van der Waals surface area contributed by atoms with Gasteiger partial charge in [-0.1, -0.05) is 26.2 Å². The van der Waals surface area contributed by atoms with Crippen molar-refractivity contribution in [1.29, 1.82) is 0 Å². The van der Waals surface area contributed by atoms with Crippen LogP contribution in [0.3, 0.4) is 0 Å². The number of aliphatic hydroxyl groups is 1. The third-order valence-electron chi connectivity index (χ3n) is 3.83. The Bertz CT molecular complexity index is 169. The molecule has 2 aliphatic carbocycles. The van der Waals surface area contributed by atoms with E-state index in [2.05, 4.69) is 12.2 Å². The van der Waals surface area contributed by atoms with Crippen LogP contribution >= 0.6 is 0 Å². The van der Waals surface area contributed by atoms with E-state index in [1.165, 1.54) is 25.7 Å². The summed E-state index contributed by atoms with van der Waals surface area (Å²) in [6, 6.07) is 0.398. The molecule has 2 unspecified atom stereocenters. The maximum absolute atomic E-state index is 9.89. The van der Waals surface area contributed by atoms with Crippen molar-refractivity contribution in [1.82, 2.24) is 5.32 Å². The smallest absolute Gasteiger partial charge is 0.0698 e. The average Bonchev–Trinajstić information content (AvgIpc) is 2.44. The van der Waals surface area contributed by atoms with E-state index in [0.717, 1.165) is 24.8 Å². The first-order chi connectivity index (χ1) is 6.33. The lowest BCUT2D eigenvalue weighted by atomic mass is 9.80. The van der Waals surface area contributed by atoms with Crippen LogP contribution in [-0.4, -0.2) is 23.8 Å². The molecule has 0 aromatic heterocycles. The molecule has 2 heteroatoms. The van der Waals surface area contributed by atoms with E-state index in [-0.39, 0.29) is 6.10 Å². The molecule has 2 aliphatic rings. The van der Waals surface area contributed by atoms with Crippen LogP contribution < -0.4 is 5.32 Å². The molecule has 0 bridgehead atoms. The maximum Gasteiger partial charge on any atom is 0.0698 e. The Balaban J connectivity index is 2.00. The van der Waals surface area contributed by atoms with E-state index in [0.29, 0.717) is 6.04 Å². The van der Waals surface area contributed by atoms with Crippen molar-refractivity contribution in [3.05, 3.63) is 0 Å². The SMILES string of the molecule is CCN[C@H]1C2CCCCC2C[C@H]1O. The molecule has 0 aromatic carbocycles. The van der Waals surface area contributed by atoms with Crippen molar-refractivity contribution >= 4 is 0 Å². The third-order valence-corrected chi connectivity index (χ3v) is 3.83. The van der Waals surface area contributed by atoms with Crippen LogP contribution in [0.4, 0.5) is 0 Å². The molecular weight excluding hydrogens is 162 g/mol. The highest BCUT2D eigenvalue weighted by molar-refractivity contribution is 4.96. The summed E-state index contributed by atoms with van der Waals surface area (Å²) in [7, 11) is 0. The summed E-state index contributed by atoms with van der Waals surface area (Å²) in [5.41, 5.74) is 0. The Morgan fingerprint density at radius 1 is 1.31 bits per heavy atom. The fourth-order valence-electron chi connectivity index (χ4n) is 3.27. The van der Waals surface area contributed by atoms with Crippen molar-refractivity contribution in [2.24, 2.45) is 11.8 Å². The molecule has 2 fully saturated rings. The molecule has 0 aliphatic heterocycles. The normalized spacial score (nSPS) is 44.8. The summed E-state index contributed by atoms with van der Waals surface area (Å²) in [5, 5.41) is 13.3. The Labute approximate surface area is 80.7 Å². The zero-order valence-electron chi connectivity index (χ0n) is 8.50. The molecule has 0 saturated heterocycles. The van der Waals surface area contributed by atoms with Gasteiger partial charge in [0.15, 0.2) is 0 Å². The first kappa shape index (κ1) is 9.47. The monoisotopic (exact) mass is 183 g/mol. The van der Waals surface area contributed by atoms with Gasteiger partial charge in [0.05, 0.1) is 6.10 Å². The van der Waals surface area contributed by atoms with Gasteiger partial charge in [-0.3, -0.25) is 0 Å². The number of hydrogen-bond donors (Lipinski definition) is 2. The number of nitrogens with one attached hydrogen (secondary N) is 1. The minimum absolute atomic E-state index is 0.0759. The topological polar surface area (TPSA) is 32.3 Å². The molecular formula is C11H21NO. The van der Waals surface area contributed by atoms with Crippen LogP contribution in [0.1, 0.15) is 39.0 Å². The first-order valence-corrected chi connectivity index (χ1v) is 5.74. The predicted molar refractivity (Wildman–Crippen MR) is 53.5 cm³/mol. The molecule has 0 spiro atoms. The highest BCUT2D eigenvalue weighted by atomic mass is 16.3. The second-order valence-electron chi connectivity index (χ2n) is 4.59. The van der Waals surface area contributed by atoms with Crippen LogP contribution in [0.25, 0.3) is 0 Å². The van der Waals surface area contributed by atoms with Crippen LogP contribution in [-0.2, 0) is 0 Å². The van der Waals surface area contributed by atoms with E-state index in [1.54, 1.807) is 0 Å². The number of likely N-dealkylation sites (N-methyl/N-ethyl adjacent to an activating group) is 1. The second kappa shape index (κ2) is 3.97. The molecule has 2 rings (SSSR count). The zero-order chi connectivity index (χ0) is 9.26. The highest BCUT2D eigenvalue weighted by Crippen LogP contribution is 2.42. The molecule has 0 aromatic rings. The van der Waals surface area contributed by atoms with E-state index in [4.69, 9.17) is 0 Å². The first-order valence-electron chi connectivity index (χ1n) is 5.74. The van der Waals surface area contributed by atoms with Gasteiger partial charge in [0.2, 0.25) is 0 Å². The molecule has 13 heavy (non-hydrogen) atoms. The van der Waals surface area contributed by atoms with E-state index < -0.39 is 0 Å². The minimum Gasteiger partial charge on any atom is -0.391 e. The lowest BCUT2D eigenvalue weighted by molar-refractivity contribution is 0.137. The lowest BCUT2D eigenvalue weighted by Crippen LogP contribution is -2.41. The van der Waals surface area contributed by atoms with Crippen molar-refractivity contribution in [2.45, 2.75) is 51.2 Å². The van der Waals surface area contributed by atoms with E-state index in [9.17, 15) is 5.11 Å². The maximum atomic E-state index is 9.89. The summed E-state index contributed by atoms with van der Waals surface area (Å²) in [6.45, 7) is 3.12. The predicted octanol–water partition coefficient (Wildman–Crippen LogP) is 1.54. The lowest BCUT2D eigenvalue weighted by Gasteiger charge is -2.29. The van der Waals surface area contributed by atoms with Gasteiger partial charge in [0, 0.05) is 6.04 Å². The molecule has 0 heterocycles. The highest BCUT2D eigenvalue weighted by Gasteiger charge is 2.42. The Hall–Kier alpha value is -0.0800. The van der Waals surface area contributed by atoms with Gasteiger partial charge in [0.25, 0.3) is 0 Å². The summed E-state index contributed by atoms with van der Waals surface area (Å²) in [5.74, 6) is 1.58. The minimum atomic E-state index is -0.0759. The van der Waals surface area contributed by atoms with Gasteiger partial charge in [-0.05, 0) is 31.2 Å². The second-order valence-corrected chi connectivity index (χ2v) is 4.59. The summed E-state index contributed by atoms with van der Waals surface area (Å²) in [4.78, 5) is 0. The fraction of sp³-hybridized carbons (Fsp3) is 1.00. The number of rotatable bonds is 2. The zero-order valence-corrected chi connectivity index (χ0v) is 8.50. The number of hydrogen-bond acceptors (Lipinski definition) is 2. The average molecular weight is 183 g/mol. The van der Waals surface area contributed by atoms with Gasteiger partial charge in [-0.2, -0.15) is 0 Å². The fourth-order valence-corrected chi connectivity index (χ4v) is 3.27. The van der Waals surface area contributed by atoms with E-state index in [1.807, 2.05) is 0 Å². The quantitative estimate of drug-likeness (QED) is 0.680. The van der Waals surface area contributed by atoms with Crippen molar-refractivity contribution in [2.75, 3.05) is 6.54 Å². The van der Waals surface area contributed by atoms with Gasteiger partial charge in [-0.15, -0.1) is 0 Å². The van der Waals surface area contributed by atoms with Crippen LogP contribution in [0.5, 0.6) is 0 Å². The van der Waals surface area contributed by atoms with Gasteiger partial charge >= 0.3 is 0 Å². The standard InChI is InChI=1S/C11H21NO/c1-2-12-11-9-6-4-3-5-8(9)7-10(11)13/h8-13H,2-7H2,1H3/t8?,9?,10-,11+/m1/s1. The molecule has 0 amide bonds. The molecule has 4 atom stereocenters. The number of aliphatic hydroxyl groups excluding tert-OH is 1. The van der Waals surface area contributed by atoms with Gasteiger partial charge in [-0.25, -0.2) is 0 Å². The van der Waals surface area contributed by atoms with Crippen LogP contribution in [0, 0.1) is 11.8 Å². The summed E-state index contributed by atoms with van der Waals surface area (Å²) in [6.07, 6.45) is 6.40. The Morgan fingerprint density at radius 2 is 2.08 bits per heavy atom. The third kappa shape index (κ3) is 1.75. The summed E-state index contributed by atoms with van der Waals surface area (Å²) >= 11 is 0. The molecule has 2 N–H and O–H groups in total. The molecule has 2 saturated carbocycles. The number of fused-ring (bicyclic) bond motifs is 1. The van der Waals surface area contributed by atoms with Crippen LogP contribution in [0.15, 0.2) is 0 Å². The molecule has 0 radical (unpaired) electrons. The van der Waals surface area contributed by atoms with Crippen molar-refractivity contribution < 1.29 is 5.11 Å².